The van der Waals surface area contributed by atoms with Crippen molar-refractivity contribution < 1.29 is 9.47 Å². The maximum atomic E-state index is 5.88. The summed E-state index contributed by atoms with van der Waals surface area (Å²) in [7, 11) is 0. The molecule has 0 unspecified atom stereocenters. The van der Waals surface area contributed by atoms with Crippen LogP contribution in [0.4, 0.5) is 0 Å². The van der Waals surface area contributed by atoms with Crippen LogP contribution >= 0.6 is 11.6 Å². The number of hydrogen-bond donors (Lipinski definition) is 0. The fraction of sp³-hybridized carbons (Fsp3) is 0.294. The molecule has 0 atom stereocenters. The second-order valence-electron chi connectivity index (χ2n) is 4.96. The first-order valence-electron chi connectivity index (χ1n) is 6.94. The van der Waals surface area contributed by atoms with Crippen LogP contribution < -0.4 is 9.47 Å². The first kappa shape index (κ1) is 13.3. The van der Waals surface area contributed by atoms with Gasteiger partial charge >= 0.3 is 0 Å². The van der Waals surface area contributed by atoms with E-state index in [4.69, 9.17) is 21.1 Å². The van der Waals surface area contributed by atoms with Crippen LogP contribution in [0.2, 0.25) is 5.02 Å². The molecule has 2 aromatic carbocycles. The highest BCUT2D eigenvalue weighted by molar-refractivity contribution is 6.30. The van der Waals surface area contributed by atoms with Crippen molar-refractivity contribution in [1.29, 1.82) is 0 Å². The lowest BCUT2D eigenvalue weighted by Crippen LogP contribution is -2.15. The molecule has 1 aliphatic rings. The van der Waals surface area contributed by atoms with Crippen molar-refractivity contribution in [3.05, 3.63) is 58.6 Å². The first-order valence-corrected chi connectivity index (χ1v) is 7.32. The van der Waals surface area contributed by atoms with Crippen molar-refractivity contribution in [3.8, 4) is 11.5 Å². The highest BCUT2D eigenvalue weighted by atomic mass is 35.5. The van der Waals surface area contributed by atoms with Crippen LogP contribution in [0.3, 0.4) is 0 Å². The van der Waals surface area contributed by atoms with Crippen molar-refractivity contribution in [2.24, 2.45) is 0 Å². The topological polar surface area (TPSA) is 18.5 Å². The lowest BCUT2D eigenvalue weighted by molar-refractivity contribution is 0.171. The van der Waals surface area contributed by atoms with Crippen LogP contribution in [0.25, 0.3) is 0 Å². The van der Waals surface area contributed by atoms with E-state index in [9.17, 15) is 0 Å². The van der Waals surface area contributed by atoms with Gasteiger partial charge in [-0.25, -0.2) is 0 Å². The molecule has 0 amide bonds. The van der Waals surface area contributed by atoms with Crippen LogP contribution in [0.1, 0.15) is 17.5 Å². The third kappa shape index (κ3) is 3.26. The van der Waals surface area contributed by atoms with Gasteiger partial charge in [-0.1, -0.05) is 29.8 Å². The van der Waals surface area contributed by atoms with Gasteiger partial charge in [-0.2, -0.15) is 0 Å². The van der Waals surface area contributed by atoms with Crippen LogP contribution in [-0.4, -0.2) is 13.2 Å². The van der Waals surface area contributed by atoms with E-state index in [1.165, 1.54) is 11.1 Å². The summed E-state index contributed by atoms with van der Waals surface area (Å²) < 4.78 is 11.1. The van der Waals surface area contributed by atoms with Gasteiger partial charge in [0.15, 0.2) is 11.5 Å². The minimum Gasteiger partial charge on any atom is -0.486 e. The quantitative estimate of drug-likeness (QED) is 0.836. The van der Waals surface area contributed by atoms with Crippen molar-refractivity contribution >= 4 is 11.6 Å². The molecular formula is C17H17ClO2. The van der Waals surface area contributed by atoms with Crippen LogP contribution in [0.5, 0.6) is 11.5 Å². The average molecular weight is 289 g/mol. The van der Waals surface area contributed by atoms with Gasteiger partial charge in [-0.3, -0.25) is 0 Å². The Labute approximate surface area is 124 Å². The fourth-order valence-electron chi connectivity index (χ4n) is 2.39. The maximum absolute atomic E-state index is 5.88. The summed E-state index contributed by atoms with van der Waals surface area (Å²) in [6.45, 7) is 1.28. The van der Waals surface area contributed by atoms with Gasteiger partial charge in [-0.05, 0) is 54.7 Å². The summed E-state index contributed by atoms with van der Waals surface area (Å²) in [6, 6.07) is 14.3. The highest BCUT2D eigenvalue weighted by Crippen LogP contribution is 2.31. The predicted molar refractivity (Wildman–Crippen MR) is 80.9 cm³/mol. The number of ether oxygens (including phenoxy) is 2. The average Bonchev–Trinajstić information content (AvgIpc) is 2.49. The summed E-state index contributed by atoms with van der Waals surface area (Å²) in [5.41, 5.74) is 2.62. The molecule has 0 radical (unpaired) electrons. The van der Waals surface area contributed by atoms with E-state index in [2.05, 4.69) is 24.3 Å². The SMILES string of the molecule is Clc1ccc(CCCc2ccc3c(c2)OCCO3)cc1. The van der Waals surface area contributed by atoms with E-state index in [1.807, 2.05) is 18.2 Å². The standard InChI is InChI=1S/C17H17ClO2/c18-15-7-4-13(5-8-15)2-1-3-14-6-9-16-17(12-14)20-11-10-19-16/h4-9,12H,1-3,10-11H2. The van der Waals surface area contributed by atoms with Crippen molar-refractivity contribution in [3.63, 3.8) is 0 Å². The van der Waals surface area contributed by atoms with Crippen LogP contribution in [0.15, 0.2) is 42.5 Å². The van der Waals surface area contributed by atoms with Crippen LogP contribution in [-0.2, 0) is 12.8 Å². The molecule has 2 nitrogen and oxygen atoms in total. The number of hydrogen-bond acceptors (Lipinski definition) is 2. The smallest absolute Gasteiger partial charge is 0.161 e. The molecule has 104 valence electrons. The van der Waals surface area contributed by atoms with Gasteiger partial charge in [-0.15, -0.1) is 0 Å². The van der Waals surface area contributed by atoms with E-state index in [-0.39, 0.29) is 0 Å². The largest absolute Gasteiger partial charge is 0.486 e. The van der Waals surface area contributed by atoms with Gasteiger partial charge in [0.25, 0.3) is 0 Å². The third-order valence-electron chi connectivity index (χ3n) is 3.45. The number of fused-ring (bicyclic) bond motifs is 1. The molecule has 0 aliphatic carbocycles. The summed E-state index contributed by atoms with van der Waals surface area (Å²) >= 11 is 5.88. The molecule has 2 aromatic rings. The Hall–Kier alpha value is -1.67. The molecule has 0 saturated carbocycles. The van der Waals surface area contributed by atoms with Gasteiger partial charge in [0.1, 0.15) is 13.2 Å². The number of aryl methyl sites for hydroxylation is 2. The predicted octanol–water partition coefficient (Wildman–Crippen LogP) is 4.29. The summed E-state index contributed by atoms with van der Waals surface area (Å²) in [5.74, 6) is 1.73. The number of benzene rings is 2. The minimum absolute atomic E-state index is 0.640. The second kappa shape index (κ2) is 6.19. The Kier molecular flexibility index (Phi) is 4.12. The van der Waals surface area contributed by atoms with Gasteiger partial charge in [0.2, 0.25) is 0 Å². The van der Waals surface area contributed by atoms with Crippen molar-refractivity contribution in [2.75, 3.05) is 13.2 Å². The van der Waals surface area contributed by atoms with E-state index in [0.29, 0.717) is 13.2 Å². The van der Waals surface area contributed by atoms with Gasteiger partial charge in [0.05, 0.1) is 0 Å². The zero-order valence-corrected chi connectivity index (χ0v) is 12.0. The van der Waals surface area contributed by atoms with E-state index >= 15 is 0 Å². The molecule has 0 N–H and O–H groups in total. The summed E-state index contributed by atoms with van der Waals surface area (Å²) in [5, 5.41) is 0.792. The molecule has 1 heterocycles. The lowest BCUT2D eigenvalue weighted by Gasteiger charge is -2.18. The van der Waals surface area contributed by atoms with Crippen LogP contribution in [0, 0.1) is 0 Å². The third-order valence-corrected chi connectivity index (χ3v) is 3.70. The normalized spacial score (nSPS) is 13.2. The van der Waals surface area contributed by atoms with Crippen molar-refractivity contribution in [1.82, 2.24) is 0 Å². The Morgan fingerprint density at radius 1 is 0.800 bits per heavy atom. The zero-order chi connectivity index (χ0) is 13.8. The molecule has 20 heavy (non-hydrogen) atoms. The Morgan fingerprint density at radius 2 is 1.45 bits per heavy atom. The van der Waals surface area contributed by atoms with E-state index < -0.39 is 0 Å². The van der Waals surface area contributed by atoms with Crippen molar-refractivity contribution in [2.45, 2.75) is 19.3 Å². The molecule has 0 spiro atoms. The monoisotopic (exact) mass is 288 g/mol. The van der Waals surface area contributed by atoms with Gasteiger partial charge < -0.3 is 9.47 Å². The molecule has 0 aromatic heterocycles. The number of halogens is 1. The highest BCUT2D eigenvalue weighted by Gasteiger charge is 2.11. The molecule has 0 saturated heterocycles. The Balaban J connectivity index is 1.57. The molecule has 3 heteroatoms. The zero-order valence-electron chi connectivity index (χ0n) is 11.3. The minimum atomic E-state index is 0.640. The second-order valence-corrected chi connectivity index (χ2v) is 5.39. The maximum Gasteiger partial charge on any atom is 0.161 e. The summed E-state index contributed by atoms with van der Waals surface area (Å²) in [4.78, 5) is 0. The Bertz CT molecular complexity index is 578. The molecule has 0 bridgehead atoms. The molecule has 1 aliphatic heterocycles. The first-order chi connectivity index (χ1) is 9.81. The lowest BCUT2D eigenvalue weighted by atomic mass is 10.0. The molecule has 3 rings (SSSR count). The Morgan fingerprint density at radius 3 is 2.25 bits per heavy atom. The molecular weight excluding hydrogens is 272 g/mol. The van der Waals surface area contributed by atoms with E-state index in [0.717, 1.165) is 35.8 Å². The van der Waals surface area contributed by atoms with Gasteiger partial charge in [0, 0.05) is 5.02 Å². The summed E-state index contributed by atoms with van der Waals surface area (Å²) in [6.07, 6.45) is 3.21. The molecule has 0 fully saturated rings. The fourth-order valence-corrected chi connectivity index (χ4v) is 2.52. The number of rotatable bonds is 4. The van der Waals surface area contributed by atoms with E-state index in [1.54, 1.807) is 0 Å².